The van der Waals surface area contributed by atoms with Crippen molar-refractivity contribution in [2.45, 2.75) is 6.92 Å². The Kier molecular flexibility index (Phi) is 4.31. The first-order valence-electron chi connectivity index (χ1n) is 7.92. The quantitative estimate of drug-likeness (QED) is 0.776. The summed E-state index contributed by atoms with van der Waals surface area (Å²) >= 11 is 0. The lowest BCUT2D eigenvalue weighted by Gasteiger charge is -2.07. The first-order valence-corrected chi connectivity index (χ1v) is 7.92. The van der Waals surface area contributed by atoms with E-state index in [1.165, 1.54) is 4.57 Å². The summed E-state index contributed by atoms with van der Waals surface area (Å²) in [5.41, 5.74) is 4.36. The SMILES string of the molecule is Cc1c(C#N)c(-c2ccc(-c3ccccc3C#N)cc2)c(C(=O)O)n1C. The van der Waals surface area contributed by atoms with Gasteiger partial charge in [0, 0.05) is 18.3 Å². The Morgan fingerprint density at radius 1 is 1.00 bits per heavy atom. The number of hydrogen-bond donors (Lipinski definition) is 1. The van der Waals surface area contributed by atoms with E-state index < -0.39 is 5.97 Å². The fourth-order valence-electron chi connectivity index (χ4n) is 3.12. The molecule has 2 aromatic carbocycles. The molecule has 0 bridgehead atoms. The molecule has 0 spiro atoms. The second kappa shape index (κ2) is 6.58. The lowest BCUT2D eigenvalue weighted by Crippen LogP contribution is -2.06. The molecule has 0 aliphatic heterocycles. The minimum Gasteiger partial charge on any atom is -0.477 e. The molecule has 26 heavy (non-hydrogen) atoms. The zero-order valence-electron chi connectivity index (χ0n) is 14.3. The van der Waals surface area contributed by atoms with Crippen molar-refractivity contribution in [2.24, 2.45) is 7.05 Å². The van der Waals surface area contributed by atoms with Crippen molar-refractivity contribution in [1.82, 2.24) is 4.57 Å². The van der Waals surface area contributed by atoms with Gasteiger partial charge < -0.3 is 9.67 Å². The Morgan fingerprint density at radius 3 is 2.19 bits per heavy atom. The highest BCUT2D eigenvalue weighted by atomic mass is 16.4. The van der Waals surface area contributed by atoms with Crippen LogP contribution in [-0.2, 0) is 7.05 Å². The van der Waals surface area contributed by atoms with E-state index in [0.29, 0.717) is 27.9 Å². The van der Waals surface area contributed by atoms with Crippen molar-refractivity contribution in [3.8, 4) is 34.4 Å². The standard InChI is InChI=1S/C21H15N3O2/c1-13-18(12-23)19(20(21(25)26)24(13)2)15-9-7-14(8-10-15)17-6-4-3-5-16(17)11-22/h3-10H,1-2H3,(H,25,26). The molecule has 0 aliphatic carbocycles. The molecule has 3 aromatic rings. The molecule has 0 fully saturated rings. The molecule has 0 radical (unpaired) electrons. The minimum absolute atomic E-state index is 0.0872. The van der Waals surface area contributed by atoms with Crippen molar-refractivity contribution in [1.29, 1.82) is 10.5 Å². The Labute approximate surface area is 151 Å². The van der Waals surface area contributed by atoms with Gasteiger partial charge in [-0.2, -0.15) is 10.5 Å². The van der Waals surface area contributed by atoms with Crippen LogP contribution in [0.1, 0.15) is 27.3 Å². The molecule has 0 saturated heterocycles. The molecule has 5 nitrogen and oxygen atoms in total. The molecule has 3 rings (SSSR count). The maximum Gasteiger partial charge on any atom is 0.353 e. The highest BCUT2D eigenvalue weighted by Crippen LogP contribution is 2.33. The van der Waals surface area contributed by atoms with E-state index in [9.17, 15) is 20.4 Å². The number of nitriles is 2. The second-order valence-corrected chi connectivity index (χ2v) is 5.89. The molecule has 0 aliphatic rings. The van der Waals surface area contributed by atoms with Gasteiger partial charge in [-0.1, -0.05) is 42.5 Å². The lowest BCUT2D eigenvalue weighted by atomic mass is 9.96. The first-order chi connectivity index (χ1) is 12.5. The maximum atomic E-state index is 11.7. The maximum absolute atomic E-state index is 11.7. The van der Waals surface area contributed by atoms with Gasteiger partial charge in [0.15, 0.2) is 0 Å². The average Bonchev–Trinajstić information content (AvgIpc) is 2.92. The number of aromatic carboxylic acids is 1. The van der Waals surface area contributed by atoms with Crippen molar-refractivity contribution < 1.29 is 9.90 Å². The molecule has 1 N–H and O–H groups in total. The predicted molar refractivity (Wildman–Crippen MR) is 97.4 cm³/mol. The molecule has 0 saturated carbocycles. The summed E-state index contributed by atoms with van der Waals surface area (Å²) in [4.78, 5) is 11.7. The Bertz CT molecular complexity index is 1090. The highest BCUT2D eigenvalue weighted by Gasteiger charge is 2.24. The Balaban J connectivity index is 2.17. The summed E-state index contributed by atoms with van der Waals surface area (Å²) in [6.45, 7) is 1.73. The highest BCUT2D eigenvalue weighted by molar-refractivity contribution is 5.97. The van der Waals surface area contributed by atoms with Crippen LogP contribution in [0.5, 0.6) is 0 Å². The Morgan fingerprint density at radius 2 is 1.62 bits per heavy atom. The van der Waals surface area contributed by atoms with Crippen LogP contribution in [0.3, 0.4) is 0 Å². The molecule has 1 aromatic heterocycles. The largest absolute Gasteiger partial charge is 0.477 e. The zero-order chi connectivity index (χ0) is 18.8. The van der Waals surface area contributed by atoms with Crippen molar-refractivity contribution in [2.75, 3.05) is 0 Å². The first kappa shape index (κ1) is 17.0. The summed E-state index contributed by atoms with van der Waals surface area (Å²) in [7, 11) is 1.64. The van der Waals surface area contributed by atoms with E-state index in [2.05, 4.69) is 12.1 Å². The number of benzene rings is 2. The monoisotopic (exact) mass is 341 g/mol. The number of carboxylic acids is 1. The van der Waals surface area contributed by atoms with E-state index in [-0.39, 0.29) is 5.69 Å². The van der Waals surface area contributed by atoms with Crippen molar-refractivity contribution in [3.05, 3.63) is 71.0 Å². The van der Waals surface area contributed by atoms with Gasteiger partial charge in [-0.15, -0.1) is 0 Å². The lowest BCUT2D eigenvalue weighted by molar-refractivity contribution is 0.0687. The number of hydrogen-bond acceptors (Lipinski definition) is 3. The molecule has 0 amide bonds. The number of carbonyl (C=O) groups is 1. The van der Waals surface area contributed by atoms with E-state index >= 15 is 0 Å². The van der Waals surface area contributed by atoms with Gasteiger partial charge in [0.05, 0.1) is 17.2 Å². The van der Waals surface area contributed by atoms with Crippen molar-refractivity contribution >= 4 is 5.97 Å². The molecular weight excluding hydrogens is 326 g/mol. The fraction of sp³-hybridized carbons (Fsp3) is 0.0952. The van der Waals surface area contributed by atoms with Gasteiger partial charge >= 0.3 is 5.97 Å². The van der Waals surface area contributed by atoms with Gasteiger partial charge in [0.1, 0.15) is 11.8 Å². The van der Waals surface area contributed by atoms with Gasteiger partial charge in [0.25, 0.3) is 0 Å². The van der Waals surface area contributed by atoms with Crippen LogP contribution < -0.4 is 0 Å². The number of rotatable bonds is 3. The zero-order valence-corrected chi connectivity index (χ0v) is 14.3. The number of aromatic nitrogens is 1. The van der Waals surface area contributed by atoms with Crippen LogP contribution in [0.25, 0.3) is 22.3 Å². The summed E-state index contributed by atoms with van der Waals surface area (Å²) in [6, 6.07) is 18.8. The number of nitrogens with zero attached hydrogens (tertiary/aromatic N) is 3. The van der Waals surface area contributed by atoms with Crippen LogP contribution in [-0.4, -0.2) is 15.6 Å². The third kappa shape index (κ3) is 2.62. The Hall–Kier alpha value is -3.83. The minimum atomic E-state index is -1.08. The molecule has 126 valence electrons. The normalized spacial score (nSPS) is 10.2. The predicted octanol–water partition coefficient (Wildman–Crippen LogP) is 4.11. The summed E-state index contributed by atoms with van der Waals surface area (Å²) in [6.07, 6.45) is 0. The molecule has 1 heterocycles. The number of carboxylic acid groups (broad SMARTS) is 1. The second-order valence-electron chi connectivity index (χ2n) is 5.89. The topological polar surface area (TPSA) is 89.8 Å². The van der Waals surface area contributed by atoms with Crippen LogP contribution in [0.2, 0.25) is 0 Å². The van der Waals surface area contributed by atoms with Crippen LogP contribution in [0.4, 0.5) is 0 Å². The molecule has 0 atom stereocenters. The van der Waals surface area contributed by atoms with Gasteiger partial charge in [-0.3, -0.25) is 0 Å². The van der Waals surface area contributed by atoms with E-state index in [0.717, 1.165) is 11.1 Å². The summed E-state index contributed by atoms with van der Waals surface area (Å²) < 4.78 is 1.52. The molecular formula is C21H15N3O2. The molecule has 5 heteroatoms. The fourth-order valence-corrected chi connectivity index (χ4v) is 3.12. The van der Waals surface area contributed by atoms with Crippen LogP contribution in [0, 0.1) is 29.6 Å². The van der Waals surface area contributed by atoms with E-state index in [1.807, 2.05) is 30.3 Å². The van der Waals surface area contributed by atoms with Gasteiger partial charge in [-0.05, 0) is 29.7 Å². The third-order valence-corrected chi connectivity index (χ3v) is 4.53. The van der Waals surface area contributed by atoms with Crippen LogP contribution >= 0.6 is 0 Å². The summed E-state index contributed by atoms with van der Waals surface area (Å²) in [5, 5.41) is 28.3. The average molecular weight is 341 g/mol. The van der Waals surface area contributed by atoms with Crippen molar-refractivity contribution in [3.63, 3.8) is 0 Å². The van der Waals surface area contributed by atoms with E-state index in [1.54, 1.807) is 32.2 Å². The van der Waals surface area contributed by atoms with E-state index in [4.69, 9.17) is 0 Å². The molecule has 0 unspecified atom stereocenters. The smallest absolute Gasteiger partial charge is 0.353 e. The summed E-state index contributed by atoms with van der Waals surface area (Å²) in [5.74, 6) is -1.08. The van der Waals surface area contributed by atoms with Gasteiger partial charge in [-0.25, -0.2) is 4.79 Å². The van der Waals surface area contributed by atoms with Crippen LogP contribution in [0.15, 0.2) is 48.5 Å². The third-order valence-electron chi connectivity index (χ3n) is 4.53. The van der Waals surface area contributed by atoms with Gasteiger partial charge in [0.2, 0.25) is 0 Å².